The van der Waals surface area contributed by atoms with Gasteiger partial charge in [0.2, 0.25) is 5.91 Å². The van der Waals surface area contributed by atoms with E-state index in [9.17, 15) is 22.8 Å². The van der Waals surface area contributed by atoms with Gasteiger partial charge in [-0.05, 0) is 35.9 Å². The summed E-state index contributed by atoms with van der Waals surface area (Å²) in [6.45, 7) is 5.67. The molecule has 158 valence electrons. The van der Waals surface area contributed by atoms with E-state index in [2.05, 4.69) is 16.2 Å². The topological polar surface area (TPSA) is 94.0 Å². The van der Waals surface area contributed by atoms with Gasteiger partial charge in [-0.25, -0.2) is 0 Å². The zero-order valence-electron chi connectivity index (χ0n) is 16.6. The summed E-state index contributed by atoms with van der Waals surface area (Å²) >= 11 is 0. The second-order valence-corrected chi connectivity index (χ2v) is 7.58. The van der Waals surface area contributed by atoms with Gasteiger partial charge >= 0.3 is 6.18 Å². The molecule has 0 unspecified atom stereocenters. The molecule has 0 saturated carbocycles. The SMILES string of the molecule is CC(C)(C)C(=O)NCc1ccc(C(=O)NNc2ccc(C#N)cc2C(F)(F)F)cc1. The summed E-state index contributed by atoms with van der Waals surface area (Å²) in [5, 5.41) is 11.6. The summed E-state index contributed by atoms with van der Waals surface area (Å²) < 4.78 is 39.5. The van der Waals surface area contributed by atoms with Crippen molar-refractivity contribution in [1.29, 1.82) is 5.26 Å². The van der Waals surface area contributed by atoms with Crippen molar-refractivity contribution in [2.45, 2.75) is 33.5 Å². The Morgan fingerprint density at radius 2 is 1.67 bits per heavy atom. The standard InChI is InChI=1S/C21H21F3N4O2/c1-20(2,3)19(30)26-12-13-4-7-15(8-5-13)18(29)28-27-17-9-6-14(11-25)10-16(17)21(22,23)24/h4-10,27H,12H2,1-3H3,(H,26,30)(H,28,29). The minimum absolute atomic E-state index is 0.114. The molecule has 2 aromatic carbocycles. The number of hydrogen-bond donors (Lipinski definition) is 3. The lowest BCUT2D eigenvalue weighted by Crippen LogP contribution is -2.34. The van der Waals surface area contributed by atoms with Crippen LogP contribution in [-0.2, 0) is 17.5 Å². The van der Waals surface area contributed by atoms with Crippen LogP contribution in [0.4, 0.5) is 18.9 Å². The average Bonchev–Trinajstić information content (AvgIpc) is 2.69. The van der Waals surface area contributed by atoms with Crippen molar-refractivity contribution in [1.82, 2.24) is 10.7 Å². The first-order valence-corrected chi connectivity index (χ1v) is 8.97. The van der Waals surface area contributed by atoms with E-state index in [0.29, 0.717) is 6.07 Å². The normalized spacial score (nSPS) is 11.4. The molecule has 0 aliphatic carbocycles. The predicted molar refractivity (Wildman–Crippen MR) is 105 cm³/mol. The monoisotopic (exact) mass is 418 g/mol. The number of nitriles is 1. The Kier molecular flexibility index (Phi) is 6.72. The van der Waals surface area contributed by atoms with E-state index in [1.165, 1.54) is 18.2 Å². The molecule has 2 amide bonds. The van der Waals surface area contributed by atoms with Gasteiger partial charge in [-0.2, -0.15) is 18.4 Å². The van der Waals surface area contributed by atoms with Crippen LogP contribution < -0.4 is 16.2 Å². The Bertz CT molecular complexity index is 972. The molecule has 9 heteroatoms. The second-order valence-electron chi connectivity index (χ2n) is 7.58. The first-order valence-electron chi connectivity index (χ1n) is 8.97. The van der Waals surface area contributed by atoms with Crippen LogP contribution in [0.3, 0.4) is 0 Å². The van der Waals surface area contributed by atoms with Gasteiger partial charge in [0.15, 0.2) is 0 Å². The summed E-state index contributed by atoms with van der Waals surface area (Å²) in [4.78, 5) is 24.1. The zero-order valence-corrected chi connectivity index (χ0v) is 16.6. The van der Waals surface area contributed by atoms with Crippen LogP contribution in [-0.4, -0.2) is 11.8 Å². The number of alkyl halides is 3. The quantitative estimate of drug-likeness (QED) is 0.640. The molecule has 30 heavy (non-hydrogen) atoms. The summed E-state index contributed by atoms with van der Waals surface area (Å²) in [6.07, 6.45) is -4.70. The van der Waals surface area contributed by atoms with Gasteiger partial charge in [0.25, 0.3) is 5.91 Å². The van der Waals surface area contributed by atoms with Gasteiger partial charge in [0, 0.05) is 17.5 Å². The number of nitrogens with zero attached hydrogens (tertiary/aromatic N) is 1. The minimum Gasteiger partial charge on any atom is -0.352 e. The van der Waals surface area contributed by atoms with Crippen molar-refractivity contribution < 1.29 is 22.8 Å². The van der Waals surface area contributed by atoms with Crippen molar-refractivity contribution in [3.05, 3.63) is 64.7 Å². The molecule has 3 N–H and O–H groups in total. The number of carbonyl (C=O) groups excluding carboxylic acids is 2. The highest BCUT2D eigenvalue weighted by atomic mass is 19.4. The summed E-state index contributed by atoms with van der Waals surface area (Å²) in [5.41, 5.74) is 3.35. The van der Waals surface area contributed by atoms with Crippen molar-refractivity contribution in [3.8, 4) is 6.07 Å². The molecule has 0 bridgehead atoms. The fraction of sp³-hybridized carbons (Fsp3) is 0.286. The number of halogens is 3. The van der Waals surface area contributed by atoms with Crippen LogP contribution in [0.25, 0.3) is 0 Å². The fourth-order valence-corrected chi connectivity index (χ4v) is 2.38. The number of benzene rings is 2. The van der Waals surface area contributed by atoms with Crippen molar-refractivity contribution in [2.75, 3.05) is 5.43 Å². The number of hydrogen-bond acceptors (Lipinski definition) is 4. The van der Waals surface area contributed by atoms with Crippen LogP contribution in [0.5, 0.6) is 0 Å². The molecule has 2 aromatic rings. The third-order valence-corrected chi connectivity index (χ3v) is 4.12. The Labute approximate surface area is 172 Å². The van der Waals surface area contributed by atoms with Gasteiger partial charge in [-0.15, -0.1) is 0 Å². The Balaban J connectivity index is 2.02. The molecular formula is C21H21F3N4O2. The molecule has 0 radical (unpaired) electrons. The smallest absolute Gasteiger partial charge is 0.352 e. The lowest BCUT2D eigenvalue weighted by molar-refractivity contribution is -0.137. The third kappa shape index (κ3) is 5.98. The van der Waals surface area contributed by atoms with Gasteiger partial charge in [-0.3, -0.25) is 20.4 Å². The largest absolute Gasteiger partial charge is 0.418 e. The van der Waals surface area contributed by atoms with E-state index in [1.807, 2.05) is 0 Å². The molecule has 0 saturated heterocycles. The van der Waals surface area contributed by atoms with Crippen LogP contribution in [0.1, 0.15) is 47.8 Å². The lowest BCUT2D eigenvalue weighted by Gasteiger charge is -2.17. The van der Waals surface area contributed by atoms with Gasteiger partial charge in [0.1, 0.15) is 0 Å². The van der Waals surface area contributed by atoms with Crippen LogP contribution in [0.15, 0.2) is 42.5 Å². The van der Waals surface area contributed by atoms with E-state index < -0.39 is 23.1 Å². The Morgan fingerprint density at radius 3 is 2.20 bits per heavy atom. The van der Waals surface area contributed by atoms with E-state index >= 15 is 0 Å². The molecule has 0 fully saturated rings. The molecule has 0 aromatic heterocycles. The fourth-order valence-electron chi connectivity index (χ4n) is 2.38. The third-order valence-electron chi connectivity index (χ3n) is 4.12. The van der Waals surface area contributed by atoms with Gasteiger partial charge in [0.05, 0.1) is 22.9 Å². The summed E-state index contributed by atoms with van der Waals surface area (Å²) in [7, 11) is 0. The lowest BCUT2D eigenvalue weighted by atomic mass is 9.95. The maximum absolute atomic E-state index is 13.2. The van der Waals surface area contributed by atoms with Crippen LogP contribution in [0, 0.1) is 16.7 Å². The van der Waals surface area contributed by atoms with E-state index in [-0.39, 0.29) is 29.3 Å². The molecule has 0 atom stereocenters. The number of anilines is 1. The van der Waals surface area contributed by atoms with Crippen molar-refractivity contribution in [3.63, 3.8) is 0 Å². The van der Waals surface area contributed by atoms with E-state index in [0.717, 1.165) is 11.6 Å². The Morgan fingerprint density at radius 1 is 1.03 bits per heavy atom. The molecular weight excluding hydrogens is 397 g/mol. The maximum Gasteiger partial charge on any atom is 0.418 e. The van der Waals surface area contributed by atoms with Crippen LogP contribution in [0.2, 0.25) is 0 Å². The molecule has 0 spiro atoms. The molecule has 2 rings (SSSR count). The summed E-state index contributed by atoms with van der Waals surface area (Å²) in [6, 6.07) is 10.9. The highest BCUT2D eigenvalue weighted by Gasteiger charge is 2.34. The Hall–Kier alpha value is -3.54. The highest BCUT2D eigenvalue weighted by molar-refractivity contribution is 5.95. The molecule has 6 nitrogen and oxygen atoms in total. The maximum atomic E-state index is 13.2. The second kappa shape index (κ2) is 8.86. The molecule has 0 aliphatic rings. The number of amides is 2. The first-order chi connectivity index (χ1) is 13.9. The minimum atomic E-state index is -4.70. The summed E-state index contributed by atoms with van der Waals surface area (Å²) in [5.74, 6) is -0.755. The van der Waals surface area contributed by atoms with Crippen molar-refractivity contribution in [2.24, 2.45) is 5.41 Å². The number of hydrazine groups is 1. The van der Waals surface area contributed by atoms with E-state index in [4.69, 9.17) is 5.26 Å². The van der Waals surface area contributed by atoms with E-state index in [1.54, 1.807) is 39.0 Å². The van der Waals surface area contributed by atoms with Crippen molar-refractivity contribution >= 4 is 17.5 Å². The molecule has 0 heterocycles. The first kappa shape index (κ1) is 22.7. The van der Waals surface area contributed by atoms with Gasteiger partial charge in [-0.1, -0.05) is 32.9 Å². The highest BCUT2D eigenvalue weighted by Crippen LogP contribution is 2.35. The zero-order chi connectivity index (χ0) is 22.5. The predicted octanol–water partition coefficient (Wildman–Crippen LogP) is 4.00. The number of carbonyl (C=O) groups is 2. The number of rotatable bonds is 5. The number of nitrogens with one attached hydrogen (secondary N) is 3. The molecule has 0 aliphatic heterocycles. The van der Waals surface area contributed by atoms with Gasteiger partial charge < -0.3 is 5.32 Å². The average molecular weight is 418 g/mol. The van der Waals surface area contributed by atoms with Crippen LogP contribution >= 0.6 is 0 Å².